The van der Waals surface area contributed by atoms with Crippen LogP contribution in [0.4, 0.5) is 0 Å². The van der Waals surface area contributed by atoms with Crippen molar-refractivity contribution in [3.05, 3.63) is 78.1 Å². The van der Waals surface area contributed by atoms with Crippen molar-refractivity contribution in [2.45, 2.75) is 0 Å². The van der Waals surface area contributed by atoms with Crippen LogP contribution in [0.1, 0.15) is 0 Å². The van der Waals surface area contributed by atoms with E-state index in [-0.39, 0.29) is 0 Å². The lowest BCUT2D eigenvalue weighted by molar-refractivity contribution is 1.21. The fourth-order valence-corrected chi connectivity index (χ4v) is 3.43. The molecule has 2 aromatic heterocycles. The molecule has 0 amide bonds. The molecule has 5 rings (SSSR count). The summed E-state index contributed by atoms with van der Waals surface area (Å²) < 4.78 is 2.02. The molecule has 0 unspecified atom stereocenters. The van der Waals surface area contributed by atoms with E-state index in [1.165, 1.54) is 10.8 Å². The molecular formula is C20H12ClN3. The second kappa shape index (κ2) is 5.05. The van der Waals surface area contributed by atoms with Gasteiger partial charge in [-0.1, -0.05) is 66.2 Å². The number of nitrogens with zero attached hydrogens (tertiary/aromatic N) is 3. The number of para-hydroxylation sites is 2. The molecule has 0 aliphatic heterocycles. The Morgan fingerprint density at radius 2 is 1.58 bits per heavy atom. The highest BCUT2D eigenvalue weighted by atomic mass is 35.5. The molecule has 0 radical (unpaired) electrons. The Kier molecular flexibility index (Phi) is 2.84. The van der Waals surface area contributed by atoms with Gasteiger partial charge in [-0.25, -0.2) is 9.97 Å². The van der Waals surface area contributed by atoms with E-state index in [1.807, 2.05) is 47.0 Å². The van der Waals surface area contributed by atoms with Gasteiger partial charge in [-0.3, -0.25) is 4.40 Å². The second-order valence-corrected chi connectivity index (χ2v) is 6.10. The molecule has 0 saturated heterocycles. The highest BCUT2D eigenvalue weighted by Crippen LogP contribution is 2.30. The summed E-state index contributed by atoms with van der Waals surface area (Å²) in [5.74, 6) is 0. The van der Waals surface area contributed by atoms with Crippen molar-refractivity contribution in [2.24, 2.45) is 0 Å². The zero-order chi connectivity index (χ0) is 16.1. The van der Waals surface area contributed by atoms with Gasteiger partial charge in [0.25, 0.3) is 0 Å². The number of imidazole rings is 1. The highest BCUT2D eigenvalue weighted by Gasteiger charge is 2.13. The zero-order valence-electron chi connectivity index (χ0n) is 12.6. The van der Waals surface area contributed by atoms with Crippen LogP contribution in [0.2, 0.25) is 5.15 Å². The number of fused-ring (bicyclic) bond motifs is 4. The summed E-state index contributed by atoms with van der Waals surface area (Å²) in [4.78, 5) is 9.21. The largest absolute Gasteiger partial charge is 0.295 e. The third kappa shape index (κ3) is 1.92. The van der Waals surface area contributed by atoms with E-state index in [4.69, 9.17) is 16.6 Å². The molecule has 0 N–H and O–H groups in total. The SMILES string of the molecule is Clc1nc2ccccc2n2cc(-c3cccc4ccccc34)nc12. The van der Waals surface area contributed by atoms with Gasteiger partial charge in [-0.2, -0.15) is 0 Å². The first kappa shape index (κ1) is 13.5. The fourth-order valence-electron chi connectivity index (χ4n) is 3.21. The molecule has 2 heterocycles. The average molecular weight is 330 g/mol. The van der Waals surface area contributed by atoms with Gasteiger partial charge in [0.15, 0.2) is 10.8 Å². The quantitative estimate of drug-likeness (QED) is 0.414. The number of benzene rings is 3. The van der Waals surface area contributed by atoms with E-state index in [2.05, 4.69) is 35.3 Å². The standard InChI is InChI=1S/C20H12ClN3/c21-19-20-23-17(12-24(20)18-11-4-3-10-16(18)22-19)15-9-5-7-13-6-1-2-8-14(13)15/h1-12H. The molecule has 24 heavy (non-hydrogen) atoms. The molecule has 114 valence electrons. The van der Waals surface area contributed by atoms with Crippen molar-refractivity contribution in [3.8, 4) is 11.3 Å². The predicted molar refractivity (Wildman–Crippen MR) is 98.4 cm³/mol. The van der Waals surface area contributed by atoms with Crippen LogP contribution in [0, 0.1) is 0 Å². The van der Waals surface area contributed by atoms with Crippen LogP contribution in [0.5, 0.6) is 0 Å². The zero-order valence-corrected chi connectivity index (χ0v) is 13.4. The van der Waals surface area contributed by atoms with Gasteiger partial charge in [0.1, 0.15) is 0 Å². The van der Waals surface area contributed by atoms with Crippen LogP contribution < -0.4 is 0 Å². The maximum Gasteiger partial charge on any atom is 0.175 e. The van der Waals surface area contributed by atoms with E-state index >= 15 is 0 Å². The van der Waals surface area contributed by atoms with Crippen molar-refractivity contribution in [1.82, 2.24) is 14.4 Å². The maximum atomic E-state index is 6.36. The predicted octanol–water partition coefficient (Wildman–Crippen LogP) is 5.36. The van der Waals surface area contributed by atoms with Gasteiger partial charge < -0.3 is 0 Å². The first-order chi connectivity index (χ1) is 11.8. The molecule has 3 aromatic carbocycles. The number of halogens is 1. The molecule has 0 aliphatic carbocycles. The van der Waals surface area contributed by atoms with Gasteiger partial charge in [0.2, 0.25) is 0 Å². The molecule has 0 spiro atoms. The summed E-state index contributed by atoms with van der Waals surface area (Å²) in [7, 11) is 0. The third-order valence-electron chi connectivity index (χ3n) is 4.32. The van der Waals surface area contributed by atoms with Gasteiger partial charge in [-0.05, 0) is 22.9 Å². The fraction of sp³-hybridized carbons (Fsp3) is 0. The Labute approximate surface area is 143 Å². The maximum absolute atomic E-state index is 6.36. The Morgan fingerprint density at radius 3 is 2.54 bits per heavy atom. The lowest BCUT2D eigenvalue weighted by Crippen LogP contribution is -1.91. The molecule has 0 aliphatic rings. The first-order valence-electron chi connectivity index (χ1n) is 7.73. The summed E-state index contributed by atoms with van der Waals surface area (Å²) >= 11 is 6.36. The molecule has 5 aromatic rings. The summed E-state index contributed by atoms with van der Waals surface area (Å²) in [5.41, 5.74) is 4.52. The normalized spacial score (nSPS) is 11.5. The molecular weight excluding hydrogens is 318 g/mol. The van der Waals surface area contributed by atoms with Crippen LogP contribution >= 0.6 is 11.6 Å². The van der Waals surface area contributed by atoms with Crippen molar-refractivity contribution >= 4 is 39.1 Å². The monoisotopic (exact) mass is 329 g/mol. The minimum absolute atomic E-state index is 0.417. The summed E-state index contributed by atoms with van der Waals surface area (Å²) in [6.45, 7) is 0. The van der Waals surface area contributed by atoms with Crippen LogP contribution in [-0.4, -0.2) is 14.4 Å². The van der Waals surface area contributed by atoms with Gasteiger partial charge in [0, 0.05) is 11.8 Å². The summed E-state index contributed by atoms with van der Waals surface area (Å²) in [6.07, 6.45) is 2.03. The second-order valence-electron chi connectivity index (χ2n) is 5.74. The molecule has 0 fully saturated rings. The van der Waals surface area contributed by atoms with Crippen molar-refractivity contribution in [3.63, 3.8) is 0 Å². The average Bonchev–Trinajstić information content (AvgIpc) is 3.07. The Morgan fingerprint density at radius 1 is 0.792 bits per heavy atom. The third-order valence-corrected chi connectivity index (χ3v) is 4.57. The summed E-state index contributed by atoms with van der Waals surface area (Å²) in [6, 6.07) is 22.5. The van der Waals surface area contributed by atoms with Crippen molar-refractivity contribution in [1.29, 1.82) is 0 Å². The van der Waals surface area contributed by atoms with Crippen LogP contribution in [-0.2, 0) is 0 Å². The Bertz CT molecular complexity index is 1220. The smallest absolute Gasteiger partial charge is 0.175 e. The van der Waals surface area contributed by atoms with Gasteiger partial charge in [0.05, 0.1) is 16.7 Å². The van der Waals surface area contributed by atoms with E-state index in [9.17, 15) is 0 Å². The van der Waals surface area contributed by atoms with Gasteiger partial charge in [-0.15, -0.1) is 0 Å². The van der Waals surface area contributed by atoms with Crippen LogP contribution in [0.25, 0.3) is 38.7 Å². The molecule has 3 nitrogen and oxygen atoms in total. The Balaban J connectivity index is 1.87. The Hall–Kier alpha value is -2.91. The molecule has 4 heteroatoms. The molecule has 0 atom stereocenters. The summed E-state index contributed by atoms with van der Waals surface area (Å²) in [5, 5.41) is 2.79. The number of rotatable bonds is 1. The van der Waals surface area contributed by atoms with Crippen LogP contribution in [0.3, 0.4) is 0 Å². The van der Waals surface area contributed by atoms with E-state index in [1.54, 1.807) is 0 Å². The first-order valence-corrected chi connectivity index (χ1v) is 8.10. The van der Waals surface area contributed by atoms with E-state index in [0.29, 0.717) is 10.8 Å². The minimum atomic E-state index is 0.417. The van der Waals surface area contributed by atoms with Gasteiger partial charge >= 0.3 is 0 Å². The van der Waals surface area contributed by atoms with E-state index in [0.717, 1.165) is 22.3 Å². The highest BCUT2D eigenvalue weighted by molar-refractivity contribution is 6.32. The van der Waals surface area contributed by atoms with Crippen molar-refractivity contribution < 1.29 is 0 Å². The number of hydrogen-bond acceptors (Lipinski definition) is 2. The van der Waals surface area contributed by atoms with Crippen molar-refractivity contribution in [2.75, 3.05) is 0 Å². The topological polar surface area (TPSA) is 30.2 Å². The van der Waals surface area contributed by atoms with Crippen LogP contribution in [0.15, 0.2) is 72.9 Å². The number of aromatic nitrogens is 3. The van der Waals surface area contributed by atoms with E-state index < -0.39 is 0 Å². The lowest BCUT2D eigenvalue weighted by atomic mass is 10.0. The number of hydrogen-bond donors (Lipinski definition) is 0. The lowest BCUT2D eigenvalue weighted by Gasteiger charge is -2.03. The molecule has 0 saturated carbocycles. The molecule has 0 bridgehead atoms. The minimum Gasteiger partial charge on any atom is -0.295 e.